The Labute approximate surface area is 168 Å². The molecule has 0 aliphatic heterocycles. The quantitative estimate of drug-likeness (QED) is 0.211. The van der Waals surface area contributed by atoms with Gasteiger partial charge >= 0.3 is 0 Å². The molecule has 134 valence electrons. The number of nitrogens with one attached hydrogen (secondary N) is 2. The first kappa shape index (κ1) is 15.7. The number of nitrogen functional groups attached to an aromatic ring is 1. The van der Waals surface area contributed by atoms with Crippen LogP contribution in [0.25, 0.3) is 54.9 Å². The third-order valence-corrected chi connectivity index (χ3v) is 5.88. The molecular formula is C23H15BrN4. The number of halogens is 1. The van der Waals surface area contributed by atoms with Gasteiger partial charge < -0.3 is 15.7 Å². The summed E-state index contributed by atoms with van der Waals surface area (Å²) in [4.78, 5) is 11.9. The summed E-state index contributed by atoms with van der Waals surface area (Å²) in [5.74, 6) is 0.855. The summed E-state index contributed by atoms with van der Waals surface area (Å²) in [6, 6.07) is 20.6. The number of imidazole rings is 1. The van der Waals surface area contributed by atoms with Gasteiger partial charge in [-0.2, -0.15) is 0 Å². The normalized spacial score (nSPS) is 11.9. The van der Waals surface area contributed by atoms with Crippen LogP contribution >= 0.6 is 15.9 Å². The summed E-state index contributed by atoms with van der Waals surface area (Å²) >= 11 is 3.57. The Morgan fingerprint density at radius 3 is 2.57 bits per heavy atom. The number of fused-ring (bicyclic) bond motifs is 7. The van der Waals surface area contributed by atoms with Gasteiger partial charge in [0, 0.05) is 43.6 Å². The zero-order chi connectivity index (χ0) is 18.8. The number of anilines is 1. The van der Waals surface area contributed by atoms with Crippen molar-refractivity contribution in [1.29, 1.82) is 0 Å². The van der Waals surface area contributed by atoms with Crippen LogP contribution in [0.2, 0.25) is 0 Å². The average Bonchev–Trinajstić information content (AvgIpc) is 3.32. The van der Waals surface area contributed by atoms with Crippen molar-refractivity contribution in [2.24, 2.45) is 0 Å². The largest absolute Gasteiger partial charge is 0.399 e. The summed E-state index contributed by atoms with van der Waals surface area (Å²) in [6.45, 7) is 0. The van der Waals surface area contributed by atoms with Crippen LogP contribution in [-0.2, 0) is 0 Å². The fraction of sp³-hybridized carbons (Fsp3) is 0. The van der Waals surface area contributed by atoms with E-state index in [1.807, 2.05) is 24.4 Å². The first-order valence-corrected chi connectivity index (χ1v) is 9.85. The summed E-state index contributed by atoms with van der Waals surface area (Å²) < 4.78 is 1.04. The van der Waals surface area contributed by atoms with Gasteiger partial charge in [0.05, 0.1) is 11.0 Å². The van der Waals surface area contributed by atoms with Crippen LogP contribution in [0, 0.1) is 0 Å². The molecule has 5 heteroatoms. The van der Waals surface area contributed by atoms with Gasteiger partial charge in [-0.25, -0.2) is 4.98 Å². The van der Waals surface area contributed by atoms with Crippen LogP contribution in [0.3, 0.4) is 0 Å². The van der Waals surface area contributed by atoms with Crippen molar-refractivity contribution in [3.05, 3.63) is 71.3 Å². The lowest BCUT2D eigenvalue weighted by atomic mass is 9.99. The van der Waals surface area contributed by atoms with Crippen molar-refractivity contribution >= 4 is 65.1 Å². The molecule has 28 heavy (non-hydrogen) atoms. The van der Waals surface area contributed by atoms with Crippen molar-refractivity contribution in [2.45, 2.75) is 0 Å². The smallest absolute Gasteiger partial charge is 0.140 e. The topological polar surface area (TPSA) is 70.5 Å². The third-order valence-electron chi connectivity index (χ3n) is 5.39. The van der Waals surface area contributed by atoms with Gasteiger partial charge in [0.25, 0.3) is 0 Å². The Morgan fingerprint density at radius 2 is 1.68 bits per heavy atom. The van der Waals surface area contributed by atoms with Gasteiger partial charge in [0.2, 0.25) is 0 Å². The molecule has 0 spiro atoms. The summed E-state index contributed by atoms with van der Waals surface area (Å²) in [6.07, 6.45) is 2.01. The molecule has 0 atom stereocenters. The molecule has 0 unspecified atom stereocenters. The van der Waals surface area contributed by atoms with Gasteiger partial charge in [-0.1, -0.05) is 46.3 Å². The van der Waals surface area contributed by atoms with E-state index >= 15 is 0 Å². The van der Waals surface area contributed by atoms with Crippen molar-refractivity contribution in [3.63, 3.8) is 0 Å². The molecule has 0 fully saturated rings. The zero-order valence-electron chi connectivity index (χ0n) is 14.8. The van der Waals surface area contributed by atoms with E-state index in [9.17, 15) is 0 Å². The average molecular weight is 427 g/mol. The number of hydrogen-bond acceptors (Lipinski definition) is 2. The predicted octanol–water partition coefficient (Wildman–Crippen LogP) is 6.36. The molecule has 4 aromatic carbocycles. The Bertz CT molecular complexity index is 1540. The monoisotopic (exact) mass is 426 g/mol. The lowest BCUT2D eigenvalue weighted by Crippen LogP contribution is -1.86. The number of rotatable bonds is 1. The van der Waals surface area contributed by atoms with Crippen molar-refractivity contribution < 1.29 is 0 Å². The minimum absolute atomic E-state index is 0.762. The Kier molecular flexibility index (Phi) is 3.14. The maximum absolute atomic E-state index is 6.08. The maximum atomic E-state index is 6.08. The van der Waals surface area contributed by atoms with E-state index < -0.39 is 0 Å². The van der Waals surface area contributed by atoms with Crippen LogP contribution in [-0.4, -0.2) is 15.0 Å². The van der Waals surface area contributed by atoms with Crippen LogP contribution in [0.1, 0.15) is 0 Å². The molecule has 2 heterocycles. The van der Waals surface area contributed by atoms with Gasteiger partial charge in [0.15, 0.2) is 0 Å². The van der Waals surface area contributed by atoms with E-state index in [4.69, 9.17) is 10.7 Å². The second-order valence-electron chi connectivity index (χ2n) is 7.05. The molecule has 4 N–H and O–H groups in total. The molecular weight excluding hydrogens is 412 g/mol. The first-order valence-electron chi connectivity index (χ1n) is 9.06. The van der Waals surface area contributed by atoms with Gasteiger partial charge in [-0.3, -0.25) is 0 Å². The second-order valence-corrected chi connectivity index (χ2v) is 7.97. The summed E-state index contributed by atoms with van der Waals surface area (Å²) in [5.41, 5.74) is 11.0. The number of hydrogen-bond donors (Lipinski definition) is 3. The van der Waals surface area contributed by atoms with E-state index in [0.29, 0.717) is 0 Å². The fourth-order valence-electron chi connectivity index (χ4n) is 4.11. The standard InChI is InChI=1S/C23H15BrN4/c24-12-5-8-20-18(9-12)19(11-26-20)23-27-21-15-4-2-1-3-14(15)17-10-13(25)6-7-16(17)22(21)28-23/h1-11,26H,25H2,(H,27,28). The Hall–Kier alpha value is -3.31. The highest BCUT2D eigenvalue weighted by Crippen LogP contribution is 2.37. The highest BCUT2D eigenvalue weighted by atomic mass is 79.9. The lowest BCUT2D eigenvalue weighted by Gasteiger charge is -2.06. The molecule has 0 aliphatic carbocycles. The zero-order valence-corrected chi connectivity index (χ0v) is 16.3. The van der Waals surface area contributed by atoms with E-state index in [1.165, 1.54) is 0 Å². The van der Waals surface area contributed by atoms with Gasteiger partial charge in [-0.15, -0.1) is 0 Å². The van der Waals surface area contributed by atoms with Crippen LogP contribution in [0.5, 0.6) is 0 Å². The van der Waals surface area contributed by atoms with Crippen molar-refractivity contribution in [1.82, 2.24) is 15.0 Å². The van der Waals surface area contributed by atoms with Crippen LogP contribution in [0.15, 0.2) is 71.3 Å². The molecule has 2 aromatic heterocycles. The highest BCUT2D eigenvalue weighted by Gasteiger charge is 2.16. The van der Waals surface area contributed by atoms with E-state index in [0.717, 1.165) is 65.0 Å². The fourth-order valence-corrected chi connectivity index (χ4v) is 4.47. The first-order chi connectivity index (χ1) is 13.7. The molecule has 6 rings (SSSR count). The number of nitrogens with zero attached hydrogens (tertiary/aromatic N) is 1. The lowest BCUT2D eigenvalue weighted by molar-refractivity contribution is 1.34. The molecule has 6 aromatic rings. The SMILES string of the molecule is Nc1ccc2c(c1)c1ccccc1c1nc(-c3c[nH]c4ccc(Br)cc34)[nH]c21. The summed E-state index contributed by atoms with van der Waals surface area (Å²) in [5, 5.41) is 5.69. The molecule has 0 bridgehead atoms. The van der Waals surface area contributed by atoms with E-state index in [-0.39, 0.29) is 0 Å². The third kappa shape index (κ3) is 2.14. The van der Waals surface area contributed by atoms with Crippen LogP contribution < -0.4 is 5.73 Å². The van der Waals surface area contributed by atoms with E-state index in [1.54, 1.807) is 0 Å². The van der Waals surface area contributed by atoms with Crippen molar-refractivity contribution in [3.8, 4) is 11.4 Å². The van der Waals surface area contributed by atoms with Gasteiger partial charge in [0.1, 0.15) is 5.82 Å². The highest BCUT2D eigenvalue weighted by molar-refractivity contribution is 9.10. The van der Waals surface area contributed by atoms with Gasteiger partial charge in [-0.05, 0) is 41.1 Å². The minimum atomic E-state index is 0.762. The minimum Gasteiger partial charge on any atom is -0.399 e. The summed E-state index contributed by atoms with van der Waals surface area (Å²) in [7, 11) is 0. The second kappa shape index (κ2) is 5.59. The predicted molar refractivity (Wildman–Crippen MR) is 121 cm³/mol. The number of H-pyrrole nitrogens is 2. The molecule has 0 saturated carbocycles. The molecule has 0 saturated heterocycles. The molecule has 0 radical (unpaired) electrons. The Morgan fingerprint density at radius 1 is 0.821 bits per heavy atom. The van der Waals surface area contributed by atoms with Crippen molar-refractivity contribution in [2.75, 3.05) is 5.73 Å². The number of aromatic nitrogens is 3. The number of benzene rings is 4. The number of aromatic amines is 2. The molecule has 0 amide bonds. The molecule has 0 aliphatic rings. The van der Waals surface area contributed by atoms with Crippen LogP contribution in [0.4, 0.5) is 5.69 Å². The molecule has 4 nitrogen and oxygen atoms in total. The Balaban J connectivity index is 1.76. The van der Waals surface area contributed by atoms with E-state index in [2.05, 4.69) is 68.4 Å². The number of nitrogens with two attached hydrogens (primary N) is 1. The maximum Gasteiger partial charge on any atom is 0.140 e.